The zero-order valence-electron chi connectivity index (χ0n) is 26.7. The van der Waals surface area contributed by atoms with Gasteiger partial charge >= 0.3 is 16.3 Å². The molecule has 1 aromatic carbocycles. The Morgan fingerprint density at radius 2 is 1.73 bits per heavy atom. The molecule has 0 radical (unpaired) electrons. The molecule has 1 aliphatic heterocycles. The number of ether oxygens (including phenoxy) is 1. The van der Waals surface area contributed by atoms with E-state index in [0.29, 0.717) is 43.7 Å². The number of alkyl carbamates (subject to hydrolysis) is 1. The summed E-state index contributed by atoms with van der Waals surface area (Å²) in [7, 11) is -2.54. The molecule has 1 heterocycles. The van der Waals surface area contributed by atoms with Gasteiger partial charge in [-0.25, -0.2) is 9.52 Å². The summed E-state index contributed by atoms with van der Waals surface area (Å²) in [6.07, 6.45) is 6.71. The van der Waals surface area contributed by atoms with E-state index in [1.807, 2.05) is 0 Å². The molecule has 1 unspecified atom stereocenters. The zero-order chi connectivity index (χ0) is 33.4. The van der Waals surface area contributed by atoms with Crippen molar-refractivity contribution in [3.8, 4) is 0 Å². The van der Waals surface area contributed by atoms with E-state index in [9.17, 15) is 27.6 Å². The fourth-order valence-electron chi connectivity index (χ4n) is 5.62. The van der Waals surface area contributed by atoms with Gasteiger partial charge in [0, 0.05) is 31.1 Å². The van der Waals surface area contributed by atoms with Crippen molar-refractivity contribution in [3.63, 3.8) is 0 Å². The van der Waals surface area contributed by atoms with E-state index in [0.717, 1.165) is 42.0 Å². The Balaban J connectivity index is 1.37. The molecule has 252 valence electrons. The molecule has 1 saturated carbocycles. The van der Waals surface area contributed by atoms with E-state index >= 15 is 0 Å². The lowest BCUT2D eigenvalue weighted by molar-refractivity contribution is -0.139. The van der Waals surface area contributed by atoms with Gasteiger partial charge in [-0.3, -0.25) is 14.4 Å². The quantitative estimate of drug-likeness (QED) is 0.225. The molecule has 0 spiro atoms. The fraction of sp³-hybridized carbons (Fsp3) is 0.677. The van der Waals surface area contributed by atoms with Crippen LogP contribution in [0.2, 0.25) is 5.02 Å². The number of nitrogens with two attached hydrogens (primary N) is 1. The van der Waals surface area contributed by atoms with Crippen LogP contribution in [0.15, 0.2) is 24.3 Å². The Morgan fingerprint density at radius 1 is 1.09 bits per heavy atom. The standard InChI is InChI=1S/C31H48ClN5O7S/c1-31(2,3)44-30(41)34-25(29(40)37-18-10-13-26(37)27(33)38)12-9-7-5-6-8-11-22-19-24(22)28(39)35-45(42,43)36(4)20-21-14-16-23(32)17-15-21/h14-17,22,24-26H,5-13,18-20H2,1-4H3,(H2,33,38)(H,34,41)(H,35,39)/t22?,24-,25-,26-/m0/s1. The predicted octanol–water partition coefficient (Wildman–Crippen LogP) is 3.87. The van der Waals surface area contributed by atoms with E-state index in [2.05, 4.69) is 10.0 Å². The summed E-state index contributed by atoms with van der Waals surface area (Å²) in [4.78, 5) is 51.6. The number of carbonyl (C=O) groups is 4. The van der Waals surface area contributed by atoms with Crippen LogP contribution in [0.1, 0.15) is 90.5 Å². The first-order valence-corrected chi connectivity index (χ1v) is 17.5. The second kappa shape index (κ2) is 16.1. The molecule has 0 bridgehead atoms. The minimum atomic E-state index is -3.96. The summed E-state index contributed by atoms with van der Waals surface area (Å²) in [6.45, 7) is 5.77. The van der Waals surface area contributed by atoms with Crippen LogP contribution in [0.25, 0.3) is 0 Å². The molecular formula is C31H48ClN5O7S. The summed E-state index contributed by atoms with van der Waals surface area (Å²) in [5, 5.41) is 3.25. The van der Waals surface area contributed by atoms with Crippen molar-refractivity contribution in [3.05, 3.63) is 34.9 Å². The second-order valence-electron chi connectivity index (χ2n) is 13.1. The van der Waals surface area contributed by atoms with Crippen molar-refractivity contribution in [1.82, 2.24) is 19.2 Å². The zero-order valence-corrected chi connectivity index (χ0v) is 28.3. The number of nitrogens with one attached hydrogen (secondary N) is 2. The first-order valence-electron chi connectivity index (χ1n) is 15.7. The van der Waals surface area contributed by atoms with Crippen LogP contribution < -0.4 is 15.8 Å². The number of primary amides is 1. The molecule has 1 saturated heterocycles. The van der Waals surface area contributed by atoms with E-state index in [1.165, 1.54) is 11.9 Å². The summed E-state index contributed by atoms with van der Waals surface area (Å²) in [5.41, 5.74) is 5.54. The third kappa shape index (κ3) is 11.8. The van der Waals surface area contributed by atoms with Crippen molar-refractivity contribution >= 4 is 45.6 Å². The van der Waals surface area contributed by atoms with Gasteiger partial charge in [0.1, 0.15) is 17.7 Å². The van der Waals surface area contributed by atoms with Crippen molar-refractivity contribution in [2.24, 2.45) is 17.6 Å². The van der Waals surface area contributed by atoms with Crippen molar-refractivity contribution in [2.75, 3.05) is 13.6 Å². The Bertz CT molecular complexity index is 1300. The molecule has 2 fully saturated rings. The van der Waals surface area contributed by atoms with Gasteiger partial charge in [0.2, 0.25) is 17.7 Å². The van der Waals surface area contributed by atoms with Crippen LogP contribution in [-0.2, 0) is 35.9 Å². The normalized spacial score (nSPS) is 20.5. The lowest BCUT2D eigenvalue weighted by Crippen LogP contribution is -2.53. The van der Waals surface area contributed by atoms with Gasteiger partial charge < -0.3 is 20.7 Å². The minimum absolute atomic E-state index is 0.117. The van der Waals surface area contributed by atoms with Gasteiger partial charge in [-0.05, 0) is 76.5 Å². The Hall–Kier alpha value is -2.90. The van der Waals surface area contributed by atoms with Crippen LogP contribution in [0.4, 0.5) is 4.79 Å². The highest BCUT2D eigenvalue weighted by atomic mass is 35.5. The largest absolute Gasteiger partial charge is 0.444 e. The van der Waals surface area contributed by atoms with Crippen molar-refractivity contribution in [2.45, 2.75) is 109 Å². The van der Waals surface area contributed by atoms with Gasteiger partial charge in [-0.1, -0.05) is 55.8 Å². The Labute approximate surface area is 271 Å². The lowest BCUT2D eigenvalue weighted by atomic mass is 10.0. The Kier molecular flexibility index (Phi) is 13.1. The van der Waals surface area contributed by atoms with E-state index in [4.69, 9.17) is 22.1 Å². The highest BCUT2D eigenvalue weighted by Gasteiger charge is 2.43. The summed E-state index contributed by atoms with van der Waals surface area (Å²) in [5.74, 6) is -1.47. The summed E-state index contributed by atoms with van der Waals surface area (Å²) < 4.78 is 33.9. The number of hydrogen-bond donors (Lipinski definition) is 3. The summed E-state index contributed by atoms with van der Waals surface area (Å²) in [6, 6.07) is 5.37. The number of nitrogens with zero attached hydrogens (tertiary/aromatic N) is 2. The third-order valence-electron chi connectivity index (χ3n) is 8.14. The van der Waals surface area contributed by atoms with Crippen LogP contribution in [-0.4, -0.2) is 72.7 Å². The number of likely N-dealkylation sites (tertiary alicyclic amines) is 1. The monoisotopic (exact) mass is 669 g/mol. The Morgan fingerprint density at radius 3 is 2.38 bits per heavy atom. The molecular weight excluding hydrogens is 622 g/mol. The highest BCUT2D eigenvalue weighted by molar-refractivity contribution is 7.87. The van der Waals surface area contributed by atoms with Crippen molar-refractivity contribution in [1.29, 1.82) is 0 Å². The number of rotatable bonds is 16. The number of halogens is 1. The fourth-order valence-corrected chi connectivity index (χ4v) is 6.63. The smallest absolute Gasteiger partial charge is 0.408 e. The summed E-state index contributed by atoms with van der Waals surface area (Å²) >= 11 is 5.89. The molecule has 4 atom stereocenters. The van der Waals surface area contributed by atoms with E-state index in [1.54, 1.807) is 45.0 Å². The molecule has 12 nitrogen and oxygen atoms in total. The molecule has 0 aromatic heterocycles. The predicted molar refractivity (Wildman–Crippen MR) is 171 cm³/mol. The average Bonchev–Trinajstić information content (AvgIpc) is 3.54. The van der Waals surface area contributed by atoms with Gasteiger partial charge in [-0.2, -0.15) is 12.7 Å². The van der Waals surface area contributed by atoms with Crippen molar-refractivity contribution < 1.29 is 32.3 Å². The number of unbranched alkanes of at least 4 members (excludes halogenated alkanes) is 4. The molecule has 1 aromatic rings. The maximum absolute atomic E-state index is 13.3. The van der Waals surface area contributed by atoms with Crippen LogP contribution in [0.3, 0.4) is 0 Å². The van der Waals surface area contributed by atoms with Gasteiger partial charge in [-0.15, -0.1) is 0 Å². The highest BCUT2D eigenvalue weighted by Crippen LogP contribution is 2.42. The molecule has 2 aliphatic rings. The first-order chi connectivity index (χ1) is 21.1. The number of amides is 4. The SMILES string of the molecule is CN(Cc1ccc(Cl)cc1)S(=O)(=O)NC(=O)[C@H]1CC1CCCCCCC[C@H](NC(=O)OC(C)(C)C)C(=O)N1CCC[C@H]1C(N)=O. The minimum Gasteiger partial charge on any atom is -0.444 e. The first kappa shape index (κ1) is 36.6. The van der Waals surface area contributed by atoms with Gasteiger partial charge in [0.25, 0.3) is 0 Å². The van der Waals surface area contributed by atoms with Crippen LogP contribution >= 0.6 is 11.6 Å². The van der Waals surface area contributed by atoms with E-state index in [-0.39, 0.29) is 24.3 Å². The van der Waals surface area contributed by atoms with Crippen LogP contribution in [0, 0.1) is 11.8 Å². The number of hydrogen-bond acceptors (Lipinski definition) is 7. The van der Waals surface area contributed by atoms with E-state index < -0.39 is 45.8 Å². The maximum Gasteiger partial charge on any atom is 0.408 e. The lowest BCUT2D eigenvalue weighted by Gasteiger charge is -2.29. The van der Waals surface area contributed by atoms with Crippen LogP contribution in [0.5, 0.6) is 0 Å². The third-order valence-corrected chi connectivity index (χ3v) is 9.80. The molecule has 4 amide bonds. The van der Waals surface area contributed by atoms with Gasteiger partial charge in [0.05, 0.1) is 0 Å². The maximum atomic E-state index is 13.3. The molecule has 4 N–H and O–H groups in total. The second-order valence-corrected chi connectivity index (χ2v) is 15.3. The molecule has 3 rings (SSSR count). The topological polar surface area (TPSA) is 168 Å². The molecule has 14 heteroatoms. The molecule has 1 aliphatic carbocycles. The number of carbonyl (C=O) groups excluding carboxylic acids is 4. The average molecular weight is 670 g/mol. The van der Waals surface area contributed by atoms with Gasteiger partial charge in [0.15, 0.2) is 0 Å². The molecule has 45 heavy (non-hydrogen) atoms. The number of benzene rings is 1.